The van der Waals surface area contributed by atoms with Crippen LogP contribution in [0.4, 0.5) is 5.82 Å². The second kappa shape index (κ2) is 7.29. The van der Waals surface area contributed by atoms with Gasteiger partial charge in [-0.15, -0.1) is 0 Å². The maximum Gasteiger partial charge on any atom is 0.152 e. The standard InChI is InChI=1S/C21H24N4OS/c1-4-26-11-18-24-19-20(25(18)10-13(2)3)16-6-5-14(15-7-8-27-12-15)9-17(16)23-21(19)22/h5-9,12-13H,4,10-11H2,1-3H3,(H2,22,23). The number of aromatic nitrogens is 3. The van der Waals surface area contributed by atoms with Crippen molar-refractivity contribution in [2.24, 2.45) is 5.92 Å². The number of hydrogen-bond acceptors (Lipinski definition) is 5. The van der Waals surface area contributed by atoms with Crippen molar-refractivity contribution in [2.75, 3.05) is 12.3 Å². The molecular formula is C21H24N4OS. The second-order valence-corrected chi connectivity index (χ2v) is 7.89. The molecule has 0 atom stereocenters. The van der Waals surface area contributed by atoms with Gasteiger partial charge < -0.3 is 15.0 Å². The number of benzene rings is 1. The topological polar surface area (TPSA) is 66.0 Å². The normalized spacial score (nSPS) is 11.9. The molecule has 0 amide bonds. The fourth-order valence-electron chi connectivity index (χ4n) is 3.43. The summed E-state index contributed by atoms with van der Waals surface area (Å²) >= 11 is 1.69. The van der Waals surface area contributed by atoms with Crippen molar-refractivity contribution in [3.05, 3.63) is 40.8 Å². The summed E-state index contributed by atoms with van der Waals surface area (Å²) in [6.07, 6.45) is 0. The molecule has 4 rings (SSSR count). The van der Waals surface area contributed by atoms with Crippen LogP contribution in [0.5, 0.6) is 0 Å². The van der Waals surface area contributed by atoms with E-state index in [1.807, 2.05) is 6.92 Å². The molecule has 0 bridgehead atoms. The molecule has 0 unspecified atom stereocenters. The van der Waals surface area contributed by atoms with E-state index in [-0.39, 0.29) is 0 Å². The van der Waals surface area contributed by atoms with Crippen LogP contribution >= 0.6 is 11.3 Å². The lowest BCUT2D eigenvalue weighted by molar-refractivity contribution is 0.125. The molecule has 0 saturated carbocycles. The fourth-order valence-corrected chi connectivity index (χ4v) is 4.10. The highest BCUT2D eigenvalue weighted by Crippen LogP contribution is 2.32. The van der Waals surface area contributed by atoms with Crippen LogP contribution in [0.25, 0.3) is 33.1 Å². The monoisotopic (exact) mass is 380 g/mol. The first-order valence-corrected chi connectivity index (χ1v) is 10.2. The summed E-state index contributed by atoms with van der Waals surface area (Å²) in [7, 11) is 0. The van der Waals surface area contributed by atoms with Crippen LogP contribution < -0.4 is 5.73 Å². The highest BCUT2D eigenvalue weighted by atomic mass is 32.1. The fraction of sp³-hybridized carbons (Fsp3) is 0.333. The summed E-state index contributed by atoms with van der Waals surface area (Å²) in [6, 6.07) is 8.52. The lowest BCUT2D eigenvalue weighted by Crippen LogP contribution is -2.10. The number of thiophene rings is 1. The molecule has 1 aromatic carbocycles. The number of hydrogen-bond donors (Lipinski definition) is 1. The van der Waals surface area contributed by atoms with E-state index in [4.69, 9.17) is 15.5 Å². The molecule has 0 aliphatic heterocycles. The van der Waals surface area contributed by atoms with Gasteiger partial charge in [0.05, 0.1) is 11.0 Å². The van der Waals surface area contributed by atoms with E-state index >= 15 is 0 Å². The van der Waals surface area contributed by atoms with Gasteiger partial charge in [0, 0.05) is 18.5 Å². The van der Waals surface area contributed by atoms with Crippen LogP contribution in [0.3, 0.4) is 0 Å². The van der Waals surface area contributed by atoms with Gasteiger partial charge in [-0.05, 0) is 46.9 Å². The van der Waals surface area contributed by atoms with Gasteiger partial charge in [0.15, 0.2) is 5.82 Å². The molecule has 4 aromatic rings. The predicted molar refractivity (Wildman–Crippen MR) is 113 cm³/mol. The van der Waals surface area contributed by atoms with Crippen LogP contribution in [-0.2, 0) is 17.9 Å². The zero-order valence-corrected chi connectivity index (χ0v) is 16.7. The molecule has 0 aliphatic carbocycles. The van der Waals surface area contributed by atoms with Gasteiger partial charge >= 0.3 is 0 Å². The van der Waals surface area contributed by atoms with Crippen LogP contribution in [0.1, 0.15) is 26.6 Å². The van der Waals surface area contributed by atoms with Gasteiger partial charge in [0.1, 0.15) is 17.9 Å². The quantitative estimate of drug-likeness (QED) is 0.506. The van der Waals surface area contributed by atoms with Crippen LogP contribution in [0, 0.1) is 5.92 Å². The molecule has 0 saturated heterocycles. The van der Waals surface area contributed by atoms with Crippen molar-refractivity contribution >= 4 is 39.1 Å². The molecule has 6 heteroatoms. The molecule has 27 heavy (non-hydrogen) atoms. The Morgan fingerprint density at radius 3 is 2.74 bits per heavy atom. The summed E-state index contributed by atoms with van der Waals surface area (Å²) in [6.45, 7) is 8.40. The molecule has 0 fully saturated rings. The van der Waals surface area contributed by atoms with Crippen molar-refractivity contribution in [1.29, 1.82) is 0 Å². The summed E-state index contributed by atoms with van der Waals surface area (Å²) in [5.74, 6) is 1.86. The average Bonchev–Trinajstić information content (AvgIpc) is 3.28. The predicted octanol–water partition coefficient (Wildman–Crippen LogP) is 5.09. The highest BCUT2D eigenvalue weighted by Gasteiger charge is 2.18. The Morgan fingerprint density at radius 2 is 2.04 bits per heavy atom. The van der Waals surface area contributed by atoms with E-state index in [2.05, 4.69) is 58.4 Å². The lowest BCUT2D eigenvalue weighted by atomic mass is 10.1. The van der Waals surface area contributed by atoms with Gasteiger partial charge in [0.2, 0.25) is 0 Å². The lowest BCUT2D eigenvalue weighted by Gasteiger charge is -2.13. The van der Waals surface area contributed by atoms with E-state index in [1.54, 1.807) is 11.3 Å². The van der Waals surface area contributed by atoms with E-state index in [1.165, 1.54) is 5.56 Å². The van der Waals surface area contributed by atoms with Gasteiger partial charge in [-0.1, -0.05) is 26.0 Å². The number of nitrogen functional groups attached to an aromatic ring is 1. The summed E-state index contributed by atoms with van der Waals surface area (Å²) < 4.78 is 7.90. The molecule has 0 aliphatic rings. The number of nitrogens with zero attached hydrogens (tertiary/aromatic N) is 3. The molecule has 140 valence electrons. The van der Waals surface area contributed by atoms with Gasteiger partial charge in [-0.2, -0.15) is 11.3 Å². The Balaban J connectivity index is 1.96. The van der Waals surface area contributed by atoms with Crippen molar-refractivity contribution in [1.82, 2.24) is 14.5 Å². The van der Waals surface area contributed by atoms with Crippen LogP contribution in [-0.4, -0.2) is 21.1 Å². The zero-order chi connectivity index (χ0) is 19.0. The van der Waals surface area contributed by atoms with Crippen LogP contribution in [0.2, 0.25) is 0 Å². The Labute approximate surface area is 162 Å². The Bertz CT molecular complexity index is 1080. The first-order valence-electron chi connectivity index (χ1n) is 9.27. The third kappa shape index (κ3) is 3.31. The summed E-state index contributed by atoms with van der Waals surface area (Å²) in [4.78, 5) is 9.43. The molecule has 3 heterocycles. The van der Waals surface area contributed by atoms with Crippen LogP contribution in [0.15, 0.2) is 35.0 Å². The van der Waals surface area contributed by atoms with E-state index in [9.17, 15) is 0 Å². The SMILES string of the molecule is CCOCc1nc2c(N)nc3cc(-c4ccsc4)ccc3c2n1CC(C)C. The molecule has 0 radical (unpaired) electrons. The average molecular weight is 381 g/mol. The third-order valence-corrected chi connectivity index (χ3v) is 5.30. The maximum absolute atomic E-state index is 6.31. The number of rotatable bonds is 6. The minimum absolute atomic E-state index is 0.472. The first-order chi connectivity index (χ1) is 13.1. The van der Waals surface area contributed by atoms with Gasteiger partial charge in [0.25, 0.3) is 0 Å². The van der Waals surface area contributed by atoms with Gasteiger partial charge in [-0.3, -0.25) is 0 Å². The Hall–Kier alpha value is -2.44. The third-order valence-electron chi connectivity index (χ3n) is 4.62. The summed E-state index contributed by atoms with van der Waals surface area (Å²) in [5.41, 5.74) is 11.4. The Kier molecular flexibility index (Phi) is 4.85. The number of ether oxygens (including phenoxy) is 1. The number of fused-ring (bicyclic) bond motifs is 3. The van der Waals surface area contributed by atoms with Crippen molar-refractivity contribution < 1.29 is 4.74 Å². The number of imidazole rings is 1. The largest absolute Gasteiger partial charge is 0.382 e. The minimum atomic E-state index is 0.472. The number of anilines is 1. The van der Waals surface area contributed by atoms with Crippen molar-refractivity contribution in [2.45, 2.75) is 33.9 Å². The van der Waals surface area contributed by atoms with Crippen molar-refractivity contribution in [3.8, 4) is 11.1 Å². The first kappa shape index (κ1) is 17.9. The maximum atomic E-state index is 6.31. The minimum Gasteiger partial charge on any atom is -0.382 e. The number of pyridine rings is 1. The molecular weight excluding hydrogens is 356 g/mol. The Morgan fingerprint density at radius 1 is 1.19 bits per heavy atom. The smallest absolute Gasteiger partial charge is 0.152 e. The molecule has 3 aromatic heterocycles. The van der Waals surface area contributed by atoms with E-state index < -0.39 is 0 Å². The molecule has 5 nitrogen and oxygen atoms in total. The zero-order valence-electron chi connectivity index (χ0n) is 15.9. The van der Waals surface area contributed by atoms with E-state index in [0.717, 1.165) is 39.9 Å². The van der Waals surface area contributed by atoms with Gasteiger partial charge in [-0.25, -0.2) is 9.97 Å². The summed E-state index contributed by atoms with van der Waals surface area (Å²) in [5, 5.41) is 5.31. The molecule has 0 spiro atoms. The van der Waals surface area contributed by atoms with E-state index in [0.29, 0.717) is 24.9 Å². The second-order valence-electron chi connectivity index (χ2n) is 7.11. The van der Waals surface area contributed by atoms with Crippen molar-refractivity contribution in [3.63, 3.8) is 0 Å². The highest BCUT2D eigenvalue weighted by molar-refractivity contribution is 7.08. The number of nitrogens with two attached hydrogens (primary N) is 1. The molecule has 2 N–H and O–H groups in total.